The Morgan fingerprint density at radius 1 is 1.12 bits per heavy atom. The second-order valence-corrected chi connectivity index (χ2v) is 8.15. The molecule has 0 radical (unpaired) electrons. The first-order valence-electron chi connectivity index (χ1n) is 7.55. The molecule has 1 aromatic rings. The van der Waals surface area contributed by atoms with Gasteiger partial charge in [0.2, 0.25) is 0 Å². The molecule has 130 valence electrons. The number of ketones is 1. The Balaban J connectivity index is 4.30. The lowest BCUT2D eigenvalue weighted by Gasteiger charge is -2.31. The van der Waals surface area contributed by atoms with Gasteiger partial charge in [-0.25, -0.2) is 0 Å². The Hall–Kier alpha value is -1.74. The van der Waals surface area contributed by atoms with Crippen LogP contribution in [0.2, 0.25) is 0 Å². The monoisotopic (exact) mass is 348 g/mol. The van der Waals surface area contributed by atoms with Crippen LogP contribution in [0.15, 0.2) is 43.0 Å². The maximum atomic E-state index is 12.8. The van der Waals surface area contributed by atoms with E-state index in [0.29, 0.717) is 5.22 Å². The first kappa shape index (κ1) is 20.3. The van der Waals surface area contributed by atoms with Crippen LogP contribution < -0.4 is 10.4 Å². The van der Waals surface area contributed by atoms with E-state index in [2.05, 4.69) is 13.2 Å². The van der Waals surface area contributed by atoms with Gasteiger partial charge in [0.1, 0.15) is 0 Å². The Morgan fingerprint density at radius 3 is 2.00 bits per heavy atom. The van der Waals surface area contributed by atoms with Crippen molar-refractivity contribution in [1.82, 2.24) is 0 Å². The molecule has 0 saturated heterocycles. The number of allylic oxidation sites excluding steroid dienone is 2. The summed E-state index contributed by atoms with van der Waals surface area (Å²) in [6, 6.07) is 5.15. The molecule has 0 bridgehead atoms. The number of benzene rings is 1. The highest BCUT2D eigenvalue weighted by Crippen LogP contribution is 2.58. The lowest BCUT2D eigenvalue weighted by Crippen LogP contribution is -2.43. The van der Waals surface area contributed by atoms with Gasteiger partial charge in [0.25, 0.3) is 0 Å². The van der Waals surface area contributed by atoms with Gasteiger partial charge in [0.15, 0.2) is 10.9 Å². The predicted molar refractivity (Wildman–Crippen MR) is 98.9 cm³/mol. The van der Waals surface area contributed by atoms with Gasteiger partial charge in [0, 0.05) is 0 Å². The van der Waals surface area contributed by atoms with Gasteiger partial charge in [-0.3, -0.25) is 9.36 Å². The second kappa shape index (κ2) is 7.02. The first-order chi connectivity index (χ1) is 10.9. The summed E-state index contributed by atoms with van der Waals surface area (Å²) in [4.78, 5) is 33.0. The Labute approximate surface area is 143 Å². The molecular formula is C19H25O4P. The molecule has 0 saturated carbocycles. The molecule has 24 heavy (non-hydrogen) atoms. The van der Waals surface area contributed by atoms with E-state index in [-0.39, 0.29) is 11.1 Å². The Bertz CT molecular complexity index is 865. The van der Waals surface area contributed by atoms with Crippen LogP contribution in [0.3, 0.4) is 0 Å². The molecular weight excluding hydrogens is 323 g/mol. The minimum absolute atomic E-state index is 0.0699. The van der Waals surface area contributed by atoms with Crippen LogP contribution in [0.5, 0.6) is 0 Å². The van der Waals surface area contributed by atoms with Gasteiger partial charge in [0.05, 0.1) is 0 Å². The molecule has 0 aromatic heterocycles. The van der Waals surface area contributed by atoms with Gasteiger partial charge in [-0.15, -0.1) is 6.58 Å². The number of carbonyl (C=O) groups excluding carboxylic acids is 1. The summed E-state index contributed by atoms with van der Waals surface area (Å²) in [6.07, 6.45) is 1.06. The molecule has 1 rings (SSSR count). The van der Waals surface area contributed by atoms with Crippen molar-refractivity contribution >= 4 is 24.5 Å². The van der Waals surface area contributed by atoms with E-state index in [1.165, 1.54) is 6.92 Å². The summed E-state index contributed by atoms with van der Waals surface area (Å²) in [5.74, 6) is -0.723. The van der Waals surface area contributed by atoms with Crippen LogP contribution in [-0.4, -0.2) is 15.6 Å². The van der Waals surface area contributed by atoms with Gasteiger partial charge in [-0.05, 0) is 56.2 Å². The fourth-order valence-corrected chi connectivity index (χ4v) is 4.08. The fraction of sp³-hybridized carbons (Fsp3) is 0.316. The SMILES string of the molecule is C=CC(C(=O)C(=C)C)(c1cccc(=C(C)C)c1=C(C)C)P(=O)(O)O. The molecule has 0 amide bonds. The van der Waals surface area contributed by atoms with Crippen LogP contribution in [-0.2, 0) is 14.5 Å². The highest BCUT2D eigenvalue weighted by molar-refractivity contribution is 7.54. The summed E-state index contributed by atoms with van der Waals surface area (Å²) < 4.78 is 12.4. The van der Waals surface area contributed by atoms with Crippen LogP contribution in [0.4, 0.5) is 0 Å². The van der Waals surface area contributed by atoms with E-state index < -0.39 is 18.5 Å². The molecule has 0 heterocycles. The molecule has 1 aromatic carbocycles. The maximum Gasteiger partial charge on any atom is 0.347 e. The zero-order chi connectivity index (χ0) is 18.9. The molecule has 2 N–H and O–H groups in total. The van der Waals surface area contributed by atoms with Crippen molar-refractivity contribution in [3.8, 4) is 0 Å². The fourth-order valence-electron chi connectivity index (χ4n) is 2.88. The zero-order valence-electron chi connectivity index (χ0n) is 14.9. The molecule has 0 aliphatic carbocycles. The topological polar surface area (TPSA) is 74.6 Å². The summed E-state index contributed by atoms with van der Waals surface area (Å²) in [5, 5.41) is -0.631. The molecule has 5 heteroatoms. The number of hydrogen-bond acceptors (Lipinski definition) is 2. The molecule has 0 aliphatic rings. The molecule has 4 nitrogen and oxygen atoms in total. The van der Waals surface area contributed by atoms with Gasteiger partial charge in [-0.1, -0.05) is 42.0 Å². The van der Waals surface area contributed by atoms with E-state index >= 15 is 0 Å². The predicted octanol–water partition coefficient (Wildman–Crippen LogP) is 2.77. The largest absolute Gasteiger partial charge is 0.347 e. The highest BCUT2D eigenvalue weighted by Gasteiger charge is 2.52. The van der Waals surface area contributed by atoms with Crippen molar-refractivity contribution in [3.05, 3.63) is 59.0 Å². The van der Waals surface area contributed by atoms with E-state index in [4.69, 9.17) is 0 Å². The summed E-state index contributed by atoms with van der Waals surface area (Å²) in [5.41, 5.74) is 2.17. The first-order valence-corrected chi connectivity index (χ1v) is 9.17. The third kappa shape index (κ3) is 3.23. The average molecular weight is 348 g/mol. The quantitative estimate of drug-likeness (QED) is 0.487. The van der Waals surface area contributed by atoms with Gasteiger partial charge < -0.3 is 9.79 Å². The van der Waals surface area contributed by atoms with Gasteiger partial charge in [-0.2, -0.15) is 0 Å². The Morgan fingerprint density at radius 2 is 1.67 bits per heavy atom. The van der Waals surface area contributed by atoms with Crippen molar-refractivity contribution in [2.75, 3.05) is 0 Å². The number of hydrogen-bond donors (Lipinski definition) is 2. The van der Waals surface area contributed by atoms with Crippen LogP contribution in [0.25, 0.3) is 11.1 Å². The average Bonchev–Trinajstić information content (AvgIpc) is 2.46. The number of carbonyl (C=O) groups is 1. The van der Waals surface area contributed by atoms with E-state index in [1.807, 2.05) is 33.8 Å². The highest BCUT2D eigenvalue weighted by atomic mass is 31.2. The standard InChI is InChI=1S/C19H25O4P/c1-8-19(24(21,22)23,18(20)14(6)7)16-11-9-10-15(12(2)3)17(16)13(4)5/h8-11H,1,6H2,2-5,7H3,(H2,21,22,23). The smallest absolute Gasteiger partial charge is 0.323 e. The minimum atomic E-state index is -4.91. The number of Topliss-reactive ketones (excluding diaryl/α,β-unsaturated/α-hetero) is 1. The van der Waals surface area contributed by atoms with E-state index in [9.17, 15) is 19.1 Å². The van der Waals surface area contributed by atoms with Crippen molar-refractivity contribution in [1.29, 1.82) is 0 Å². The van der Waals surface area contributed by atoms with Crippen LogP contribution in [0, 0.1) is 0 Å². The summed E-state index contributed by atoms with van der Waals surface area (Å²) >= 11 is 0. The lowest BCUT2D eigenvalue weighted by atomic mass is 9.87. The molecule has 1 unspecified atom stereocenters. The van der Waals surface area contributed by atoms with Crippen molar-refractivity contribution in [3.63, 3.8) is 0 Å². The molecule has 0 aliphatic heterocycles. The van der Waals surface area contributed by atoms with Crippen molar-refractivity contribution < 1.29 is 19.1 Å². The third-order valence-corrected chi connectivity index (χ3v) is 5.55. The third-order valence-electron chi connectivity index (χ3n) is 4.00. The molecule has 1 atom stereocenters. The maximum absolute atomic E-state index is 12.8. The van der Waals surface area contributed by atoms with E-state index in [1.54, 1.807) is 12.1 Å². The van der Waals surface area contributed by atoms with Crippen LogP contribution >= 0.6 is 7.60 Å². The second-order valence-electron chi connectivity index (χ2n) is 6.35. The molecule has 0 spiro atoms. The Kier molecular flexibility index (Phi) is 5.94. The van der Waals surface area contributed by atoms with Gasteiger partial charge >= 0.3 is 7.60 Å². The van der Waals surface area contributed by atoms with Crippen molar-refractivity contribution in [2.24, 2.45) is 0 Å². The number of rotatable bonds is 5. The van der Waals surface area contributed by atoms with Crippen molar-refractivity contribution in [2.45, 2.75) is 39.8 Å². The van der Waals surface area contributed by atoms with E-state index in [0.717, 1.165) is 22.4 Å². The minimum Gasteiger partial charge on any atom is -0.323 e. The normalized spacial score (nSPS) is 13.8. The molecule has 0 fully saturated rings. The van der Waals surface area contributed by atoms with Crippen LogP contribution in [0.1, 0.15) is 40.2 Å². The lowest BCUT2D eigenvalue weighted by molar-refractivity contribution is -0.117. The summed E-state index contributed by atoms with van der Waals surface area (Å²) in [6.45, 7) is 16.1. The zero-order valence-corrected chi connectivity index (χ0v) is 15.8. The summed E-state index contributed by atoms with van der Waals surface area (Å²) in [7, 11) is -4.91.